The van der Waals surface area contributed by atoms with Crippen molar-refractivity contribution in [2.24, 2.45) is 0 Å². The third-order valence-electron chi connectivity index (χ3n) is 0.886. The van der Waals surface area contributed by atoms with Crippen LogP contribution in [0, 0.1) is 12.3 Å². The van der Waals surface area contributed by atoms with Gasteiger partial charge < -0.3 is 9.84 Å². The van der Waals surface area contributed by atoms with Crippen molar-refractivity contribution >= 4 is 0 Å². The van der Waals surface area contributed by atoms with E-state index in [1.165, 1.54) is 0 Å². The molecule has 0 aromatic rings. The second-order valence-corrected chi connectivity index (χ2v) is 1.70. The van der Waals surface area contributed by atoms with E-state index in [1.54, 1.807) is 6.08 Å². The van der Waals surface area contributed by atoms with Crippen LogP contribution in [0.25, 0.3) is 0 Å². The van der Waals surface area contributed by atoms with E-state index in [2.05, 4.69) is 5.92 Å². The molecule has 0 rings (SSSR count). The minimum Gasteiger partial charge on any atom is -0.392 e. The summed E-state index contributed by atoms with van der Waals surface area (Å²) in [4.78, 5) is 0. The monoisotopic (exact) mass is 140 g/mol. The molecule has 0 aliphatic carbocycles. The summed E-state index contributed by atoms with van der Waals surface area (Å²) >= 11 is 0. The van der Waals surface area contributed by atoms with Gasteiger partial charge in [-0.25, -0.2) is 0 Å². The topological polar surface area (TPSA) is 29.5 Å². The maximum Gasteiger partial charge on any atom is 0.107 e. The number of hydrogen-bond donors (Lipinski definition) is 1. The number of hydrogen-bond acceptors (Lipinski definition) is 2. The molecule has 0 radical (unpaired) electrons. The highest BCUT2D eigenvalue weighted by Gasteiger charge is 1.79. The van der Waals surface area contributed by atoms with Crippen LogP contribution in [0.4, 0.5) is 0 Å². The molecule has 0 heterocycles. The molecule has 0 aliphatic rings. The fourth-order valence-corrected chi connectivity index (χ4v) is 0.475. The zero-order chi connectivity index (χ0) is 7.66. The highest BCUT2D eigenvalue weighted by Crippen LogP contribution is 1.83. The van der Waals surface area contributed by atoms with Gasteiger partial charge in [-0.1, -0.05) is 18.1 Å². The Morgan fingerprint density at radius 3 is 2.90 bits per heavy atom. The van der Waals surface area contributed by atoms with Crippen molar-refractivity contribution in [3.63, 3.8) is 0 Å². The molecule has 2 nitrogen and oxygen atoms in total. The highest BCUT2D eigenvalue weighted by atomic mass is 16.5. The summed E-state index contributed by atoms with van der Waals surface area (Å²) < 4.78 is 4.96. The molecule has 2 heteroatoms. The van der Waals surface area contributed by atoms with Crippen molar-refractivity contribution in [3.8, 4) is 12.3 Å². The van der Waals surface area contributed by atoms with E-state index in [0.717, 1.165) is 6.42 Å². The van der Waals surface area contributed by atoms with Gasteiger partial charge in [0.1, 0.15) is 6.61 Å². The van der Waals surface area contributed by atoms with Gasteiger partial charge in [-0.15, -0.1) is 6.42 Å². The quantitative estimate of drug-likeness (QED) is 0.344. The summed E-state index contributed by atoms with van der Waals surface area (Å²) in [5.74, 6) is 2.36. The first-order chi connectivity index (χ1) is 4.91. The lowest BCUT2D eigenvalue weighted by Crippen LogP contribution is -1.92. The molecule has 0 spiro atoms. The SMILES string of the molecule is C#CCOCC/C=C/CO. The molecule has 0 atom stereocenters. The summed E-state index contributed by atoms with van der Waals surface area (Å²) in [6, 6.07) is 0. The second-order valence-electron chi connectivity index (χ2n) is 1.70. The zero-order valence-corrected chi connectivity index (χ0v) is 5.92. The van der Waals surface area contributed by atoms with E-state index >= 15 is 0 Å². The Morgan fingerprint density at radius 2 is 2.30 bits per heavy atom. The Hall–Kier alpha value is -0.780. The van der Waals surface area contributed by atoms with Gasteiger partial charge in [-0.05, 0) is 6.42 Å². The van der Waals surface area contributed by atoms with Crippen LogP contribution in [0.5, 0.6) is 0 Å². The van der Waals surface area contributed by atoms with Crippen molar-refractivity contribution in [1.29, 1.82) is 0 Å². The standard InChI is InChI=1S/C8H12O2/c1-2-7-10-8-5-3-4-6-9/h1,3-4,9H,5-8H2/b4-3+. The molecule has 0 amide bonds. The predicted molar refractivity (Wildman–Crippen MR) is 40.5 cm³/mol. The average molecular weight is 140 g/mol. The largest absolute Gasteiger partial charge is 0.392 e. The lowest BCUT2D eigenvalue weighted by molar-refractivity contribution is 0.172. The molecular weight excluding hydrogens is 128 g/mol. The van der Waals surface area contributed by atoms with Crippen molar-refractivity contribution in [3.05, 3.63) is 12.2 Å². The molecule has 0 fully saturated rings. The van der Waals surface area contributed by atoms with Crippen LogP contribution >= 0.6 is 0 Å². The fourth-order valence-electron chi connectivity index (χ4n) is 0.475. The van der Waals surface area contributed by atoms with Crippen molar-refractivity contribution < 1.29 is 9.84 Å². The minimum absolute atomic E-state index is 0.0924. The molecule has 10 heavy (non-hydrogen) atoms. The van der Waals surface area contributed by atoms with Gasteiger partial charge in [-0.2, -0.15) is 0 Å². The Balaban J connectivity index is 2.92. The molecular formula is C8H12O2. The summed E-state index contributed by atoms with van der Waals surface area (Å²) in [7, 11) is 0. The Kier molecular flexibility index (Phi) is 7.58. The van der Waals surface area contributed by atoms with E-state index in [0.29, 0.717) is 13.2 Å². The summed E-state index contributed by atoms with van der Waals surface area (Å²) in [5.41, 5.74) is 0. The number of ether oxygens (including phenoxy) is 1. The summed E-state index contributed by atoms with van der Waals surface area (Å²) in [6.07, 6.45) is 9.28. The molecule has 0 saturated heterocycles. The molecule has 0 bridgehead atoms. The maximum absolute atomic E-state index is 8.31. The molecule has 0 aromatic heterocycles. The third-order valence-corrected chi connectivity index (χ3v) is 0.886. The third kappa shape index (κ3) is 7.22. The van der Waals surface area contributed by atoms with E-state index in [9.17, 15) is 0 Å². The van der Waals surface area contributed by atoms with Crippen LogP contribution in [0.2, 0.25) is 0 Å². The zero-order valence-electron chi connectivity index (χ0n) is 5.92. The van der Waals surface area contributed by atoms with E-state index in [1.807, 2.05) is 6.08 Å². The van der Waals surface area contributed by atoms with Gasteiger partial charge in [0, 0.05) is 0 Å². The van der Waals surface area contributed by atoms with Crippen LogP contribution in [-0.4, -0.2) is 24.9 Å². The second kappa shape index (κ2) is 8.22. The maximum atomic E-state index is 8.31. The van der Waals surface area contributed by atoms with E-state index < -0.39 is 0 Å². The number of aliphatic hydroxyl groups is 1. The molecule has 0 aromatic carbocycles. The average Bonchev–Trinajstić information content (AvgIpc) is 1.97. The van der Waals surface area contributed by atoms with Crippen LogP contribution in [0.15, 0.2) is 12.2 Å². The molecule has 56 valence electrons. The molecule has 1 N–H and O–H groups in total. The van der Waals surface area contributed by atoms with Gasteiger partial charge in [-0.3, -0.25) is 0 Å². The van der Waals surface area contributed by atoms with Gasteiger partial charge in [0.25, 0.3) is 0 Å². The summed E-state index contributed by atoms with van der Waals surface area (Å²) in [6.45, 7) is 1.09. The van der Waals surface area contributed by atoms with E-state index in [-0.39, 0.29) is 6.61 Å². The lowest BCUT2D eigenvalue weighted by Gasteiger charge is -1.93. The number of rotatable bonds is 5. The van der Waals surface area contributed by atoms with Gasteiger partial charge in [0.2, 0.25) is 0 Å². The fraction of sp³-hybridized carbons (Fsp3) is 0.500. The number of terminal acetylenes is 1. The normalized spacial score (nSPS) is 10.0. The molecule has 0 saturated carbocycles. The van der Waals surface area contributed by atoms with E-state index in [4.69, 9.17) is 16.3 Å². The van der Waals surface area contributed by atoms with Crippen LogP contribution in [-0.2, 0) is 4.74 Å². The highest BCUT2D eigenvalue weighted by molar-refractivity contribution is 4.84. The first-order valence-corrected chi connectivity index (χ1v) is 3.19. The Labute approximate surface area is 61.5 Å². The van der Waals surface area contributed by atoms with Gasteiger partial charge in [0.05, 0.1) is 13.2 Å². The van der Waals surface area contributed by atoms with Crippen molar-refractivity contribution in [2.75, 3.05) is 19.8 Å². The minimum atomic E-state index is 0.0924. The Bertz CT molecular complexity index is 122. The van der Waals surface area contributed by atoms with Crippen LogP contribution in [0.1, 0.15) is 6.42 Å². The van der Waals surface area contributed by atoms with Gasteiger partial charge >= 0.3 is 0 Å². The number of aliphatic hydroxyl groups excluding tert-OH is 1. The first-order valence-electron chi connectivity index (χ1n) is 3.19. The first kappa shape index (κ1) is 9.22. The molecule has 0 unspecified atom stereocenters. The van der Waals surface area contributed by atoms with Crippen LogP contribution < -0.4 is 0 Å². The van der Waals surface area contributed by atoms with Crippen LogP contribution in [0.3, 0.4) is 0 Å². The molecule has 0 aliphatic heterocycles. The lowest BCUT2D eigenvalue weighted by atomic mass is 10.4. The predicted octanol–water partition coefficient (Wildman–Crippen LogP) is 0.575. The smallest absolute Gasteiger partial charge is 0.107 e. The summed E-state index contributed by atoms with van der Waals surface area (Å²) in [5, 5.41) is 8.31. The Morgan fingerprint density at radius 1 is 1.50 bits per heavy atom. The van der Waals surface area contributed by atoms with Crippen molar-refractivity contribution in [2.45, 2.75) is 6.42 Å². The van der Waals surface area contributed by atoms with Gasteiger partial charge in [0.15, 0.2) is 0 Å². The van der Waals surface area contributed by atoms with Crippen molar-refractivity contribution in [1.82, 2.24) is 0 Å².